The summed E-state index contributed by atoms with van der Waals surface area (Å²) in [6, 6.07) is 5.38. The first kappa shape index (κ1) is 11.6. The summed E-state index contributed by atoms with van der Waals surface area (Å²) in [5.74, 6) is 0.468. The van der Waals surface area contributed by atoms with Crippen molar-refractivity contribution in [1.29, 1.82) is 0 Å². The van der Waals surface area contributed by atoms with Crippen LogP contribution in [0, 0.1) is 0 Å². The second kappa shape index (κ2) is 5.45. The smallest absolute Gasteiger partial charge is 0.259 e. The normalized spacial score (nSPS) is 9.94. The molecule has 0 fully saturated rings. The molecule has 1 amide bonds. The highest BCUT2D eigenvalue weighted by atomic mass is 32.1. The Morgan fingerprint density at radius 1 is 1.47 bits per heavy atom. The van der Waals surface area contributed by atoms with Gasteiger partial charge in [0.05, 0.1) is 11.3 Å². The molecule has 0 aliphatic rings. The highest BCUT2D eigenvalue weighted by molar-refractivity contribution is 7.08. The molecule has 0 aromatic carbocycles. The predicted molar refractivity (Wildman–Crippen MR) is 70.7 cm³/mol. The van der Waals surface area contributed by atoms with Gasteiger partial charge in [-0.3, -0.25) is 4.79 Å². The molecule has 0 radical (unpaired) electrons. The van der Waals surface area contributed by atoms with Crippen LogP contribution >= 0.6 is 11.3 Å². The summed E-state index contributed by atoms with van der Waals surface area (Å²) < 4.78 is 0. The Morgan fingerprint density at radius 3 is 3.06 bits per heavy atom. The summed E-state index contributed by atoms with van der Waals surface area (Å²) in [6.07, 6.45) is 1.67. The molecule has 0 saturated heterocycles. The maximum atomic E-state index is 12.0. The van der Waals surface area contributed by atoms with Crippen LogP contribution in [0.15, 0.2) is 35.2 Å². The van der Waals surface area contributed by atoms with Crippen molar-refractivity contribution in [2.75, 3.05) is 17.2 Å². The summed E-state index contributed by atoms with van der Waals surface area (Å²) >= 11 is 1.55. The summed E-state index contributed by atoms with van der Waals surface area (Å²) in [5, 5.41) is 9.71. The van der Waals surface area contributed by atoms with Gasteiger partial charge in [0, 0.05) is 18.1 Å². The van der Waals surface area contributed by atoms with Gasteiger partial charge in [-0.1, -0.05) is 0 Å². The second-order valence-corrected chi connectivity index (χ2v) is 4.18. The van der Waals surface area contributed by atoms with E-state index in [4.69, 9.17) is 0 Å². The van der Waals surface area contributed by atoms with Gasteiger partial charge in [-0.2, -0.15) is 11.3 Å². The minimum absolute atomic E-state index is 0.146. The number of nitrogens with one attached hydrogen (secondary N) is 2. The zero-order valence-corrected chi connectivity index (χ0v) is 10.3. The van der Waals surface area contributed by atoms with Crippen LogP contribution in [-0.4, -0.2) is 17.4 Å². The number of carbonyl (C=O) groups is 1. The molecular weight excluding hydrogens is 234 g/mol. The van der Waals surface area contributed by atoms with Crippen LogP contribution in [0.3, 0.4) is 0 Å². The number of hydrogen-bond donors (Lipinski definition) is 2. The van der Waals surface area contributed by atoms with E-state index in [2.05, 4.69) is 15.6 Å². The molecule has 2 N–H and O–H groups in total. The van der Waals surface area contributed by atoms with E-state index in [9.17, 15) is 4.79 Å². The molecule has 0 unspecified atom stereocenters. The number of carbonyl (C=O) groups excluding carboxylic acids is 1. The second-order valence-electron chi connectivity index (χ2n) is 3.40. The van der Waals surface area contributed by atoms with Crippen LogP contribution < -0.4 is 10.6 Å². The number of nitrogens with zero attached hydrogens (tertiary/aromatic N) is 1. The largest absolute Gasteiger partial charge is 0.370 e. The Hall–Kier alpha value is -1.88. The molecule has 0 aliphatic heterocycles. The van der Waals surface area contributed by atoms with Crippen molar-refractivity contribution in [2.24, 2.45) is 0 Å². The highest BCUT2D eigenvalue weighted by Crippen LogP contribution is 2.16. The molecule has 0 saturated carbocycles. The molecule has 2 heterocycles. The van der Waals surface area contributed by atoms with Crippen molar-refractivity contribution in [3.63, 3.8) is 0 Å². The van der Waals surface area contributed by atoms with E-state index in [1.165, 1.54) is 0 Å². The van der Waals surface area contributed by atoms with E-state index in [1.54, 1.807) is 29.7 Å². The molecule has 2 aromatic heterocycles. The topological polar surface area (TPSA) is 54.0 Å². The van der Waals surface area contributed by atoms with Crippen LogP contribution in [0.25, 0.3) is 0 Å². The molecule has 5 heteroatoms. The zero-order valence-electron chi connectivity index (χ0n) is 9.43. The summed E-state index contributed by atoms with van der Waals surface area (Å²) in [6.45, 7) is 2.70. The third-order valence-corrected chi connectivity index (χ3v) is 2.86. The number of aromatic nitrogens is 1. The van der Waals surface area contributed by atoms with Crippen molar-refractivity contribution in [2.45, 2.75) is 6.92 Å². The molecule has 2 aromatic rings. The molecule has 0 bridgehead atoms. The van der Waals surface area contributed by atoms with Crippen molar-refractivity contribution in [1.82, 2.24) is 4.98 Å². The summed E-state index contributed by atoms with van der Waals surface area (Å²) in [7, 11) is 0. The van der Waals surface area contributed by atoms with Gasteiger partial charge in [0.1, 0.15) is 5.82 Å². The van der Waals surface area contributed by atoms with Crippen LogP contribution in [0.2, 0.25) is 0 Å². The van der Waals surface area contributed by atoms with E-state index >= 15 is 0 Å². The van der Waals surface area contributed by atoms with Crippen LogP contribution in [-0.2, 0) is 0 Å². The minimum Gasteiger partial charge on any atom is -0.370 e. The third kappa shape index (κ3) is 2.82. The maximum Gasteiger partial charge on any atom is 0.259 e. The van der Waals surface area contributed by atoms with Crippen molar-refractivity contribution in [3.8, 4) is 0 Å². The van der Waals surface area contributed by atoms with E-state index < -0.39 is 0 Å². The fourth-order valence-electron chi connectivity index (χ4n) is 1.43. The van der Waals surface area contributed by atoms with Gasteiger partial charge in [0.2, 0.25) is 0 Å². The first-order valence-electron chi connectivity index (χ1n) is 5.33. The lowest BCUT2D eigenvalue weighted by atomic mass is 10.2. The Labute approximate surface area is 104 Å². The van der Waals surface area contributed by atoms with Gasteiger partial charge in [-0.05, 0) is 30.5 Å². The Bertz CT molecular complexity index is 496. The van der Waals surface area contributed by atoms with Crippen LogP contribution in [0.4, 0.5) is 11.5 Å². The number of pyridine rings is 1. The molecule has 88 valence electrons. The fraction of sp³-hybridized carbons (Fsp3) is 0.167. The fourth-order valence-corrected chi connectivity index (χ4v) is 2.02. The van der Waals surface area contributed by atoms with Crippen molar-refractivity contribution < 1.29 is 4.79 Å². The summed E-state index contributed by atoms with van der Waals surface area (Å²) in [5.41, 5.74) is 1.37. The predicted octanol–water partition coefficient (Wildman–Crippen LogP) is 2.83. The van der Waals surface area contributed by atoms with Crippen LogP contribution in [0.1, 0.15) is 17.3 Å². The van der Waals surface area contributed by atoms with Crippen molar-refractivity contribution in [3.05, 3.63) is 40.7 Å². The summed E-state index contributed by atoms with van der Waals surface area (Å²) in [4.78, 5) is 16.2. The quantitative estimate of drug-likeness (QED) is 0.873. The molecule has 2 rings (SSSR count). The third-order valence-electron chi connectivity index (χ3n) is 2.18. The van der Waals surface area contributed by atoms with Crippen molar-refractivity contribution >= 4 is 28.7 Å². The first-order chi connectivity index (χ1) is 8.31. The molecular formula is C12H13N3OS. The Balaban J connectivity index is 2.18. The maximum absolute atomic E-state index is 12.0. The van der Waals surface area contributed by atoms with E-state index in [1.807, 2.05) is 23.8 Å². The van der Waals surface area contributed by atoms with E-state index in [0.717, 1.165) is 12.2 Å². The SMILES string of the molecule is CCNc1ncccc1C(=O)Nc1ccsc1. The van der Waals surface area contributed by atoms with Gasteiger partial charge < -0.3 is 10.6 Å². The lowest BCUT2D eigenvalue weighted by Gasteiger charge is -2.08. The molecule has 4 nitrogen and oxygen atoms in total. The van der Waals surface area contributed by atoms with Gasteiger partial charge >= 0.3 is 0 Å². The lowest BCUT2D eigenvalue weighted by Crippen LogP contribution is -2.15. The number of amides is 1. The lowest BCUT2D eigenvalue weighted by molar-refractivity contribution is 0.102. The van der Waals surface area contributed by atoms with Gasteiger partial charge in [-0.25, -0.2) is 4.98 Å². The van der Waals surface area contributed by atoms with Gasteiger partial charge in [-0.15, -0.1) is 0 Å². The average Bonchev–Trinajstić information content (AvgIpc) is 2.83. The minimum atomic E-state index is -0.146. The number of rotatable bonds is 4. The number of thiophene rings is 1. The Kier molecular flexibility index (Phi) is 3.72. The van der Waals surface area contributed by atoms with Gasteiger partial charge in [0.25, 0.3) is 5.91 Å². The van der Waals surface area contributed by atoms with Crippen LogP contribution in [0.5, 0.6) is 0 Å². The first-order valence-corrected chi connectivity index (χ1v) is 6.28. The highest BCUT2D eigenvalue weighted by Gasteiger charge is 2.11. The number of hydrogen-bond acceptors (Lipinski definition) is 4. The molecule has 0 spiro atoms. The average molecular weight is 247 g/mol. The standard InChI is InChI=1S/C12H13N3OS/c1-2-13-11-10(4-3-6-14-11)12(16)15-9-5-7-17-8-9/h3-8H,2H2,1H3,(H,13,14)(H,15,16). The van der Waals surface area contributed by atoms with Gasteiger partial charge in [0.15, 0.2) is 0 Å². The number of anilines is 2. The Morgan fingerprint density at radius 2 is 2.35 bits per heavy atom. The van der Waals surface area contributed by atoms with E-state index in [-0.39, 0.29) is 5.91 Å². The molecule has 0 atom stereocenters. The molecule has 17 heavy (non-hydrogen) atoms. The molecule has 0 aliphatic carbocycles. The van der Waals surface area contributed by atoms with E-state index in [0.29, 0.717) is 11.4 Å². The zero-order chi connectivity index (χ0) is 12.1. The monoisotopic (exact) mass is 247 g/mol.